The van der Waals surface area contributed by atoms with Crippen molar-refractivity contribution in [3.63, 3.8) is 0 Å². The van der Waals surface area contributed by atoms with Crippen LogP contribution in [0.4, 0.5) is 0 Å². The lowest BCUT2D eigenvalue weighted by Crippen LogP contribution is -2.49. The summed E-state index contributed by atoms with van der Waals surface area (Å²) in [7, 11) is 0. The average Bonchev–Trinajstić information content (AvgIpc) is 3.43. The van der Waals surface area contributed by atoms with Crippen LogP contribution in [0.2, 0.25) is 0 Å². The third-order valence-electron chi connectivity index (χ3n) is 7.24. The van der Waals surface area contributed by atoms with Crippen LogP contribution in [-0.2, 0) is 16.0 Å². The van der Waals surface area contributed by atoms with Gasteiger partial charge in [-0.3, -0.25) is 14.5 Å². The Bertz CT molecular complexity index is 729. The highest BCUT2D eigenvalue weighted by Crippen LogP contribution is 2.45. The quantitative estimate of drug-likeness (QED) is 0.741. The molecule has 3 aliphatic rings. The molecule has 29 heavy (non-hydrogen) atoms. The van der Waals surface area contributed by atoms with Gasteiger partial charge in [0.25, 0.3) is 0 Å². The van der Waals surface area contributed by atoms with E-state index in [1.165, 1.54) is 5.56 Å². The van der Waals surface area contributed by atoms with Crippen molar-refractivity contribution < 1.29 is 9.59 Å². The number of amides is 2. The van der Waals surface area contributed by atoms with Gasteiger partial charge in [-0.25, -0.2) is 0 Å². The lowest BCUT2D eigenvalue weighted by atomic mass is 9.79. The molecular formula is C24H35N3O2. The van der Waals surface area contributed by atoms with Gasteiger partial charge < -0.3 is 9.80 Å². The van der Waals surface area contributed by atoms with E-state index in [1.807, 2.05) is 23.1 Å². The maximum absolute atomic E-state index is 13.5. The predicted octanol–water partition coefficient (Wildman–Crippen LogP) is 2.80. The van der Waals surface area contributed by atoms with Crippen molar-refractivity contribution in [2.45, 2.75) is 52.0 Å². The standard InChI is InChI=1S/C24H35N3O2/c1-19(2)26-15-21-16-27(22(28)12-8-11-20-9-4-3-5-10-20)18-24(21,17-26)23(29)25-13-6-7-14-25/h3-5,9-10,19,21H,6-8,11-18H2,1-2H3/t21-,24-/m0/s1. The Labute approximate surface area is 175 Å². The highest BCUT2D eigenvalue weighted by atomic mass is 16.2. The molecule has 4 rings (SSSR count). The number of carbonyl (C=O) groups excluding carboxylic acids is 2. The zero-order chi connectivity index (χ0) is 20.4. The second-order valence-corrected chi connectivity index (χ2v) is 9.49. The molecule has 2 amide bonds. The molecule has 0 N–H and O–H groups in total. The fraction of sp³-hybridized carbons (Fsp3) is 0.667. The zero-order valence-electron chi connectivity index (χ0n) is 18.0. The van der Waals surface area contributed by atoms with E-state index < -0.39 is 0 Å². The predicted molar refractivity (Wildman–Crippen MR) is 114 cm³/mol. The van der Waals surface area contributed by atoms with Gasteiger partial charge in [-0.1, -0.05) is 30.3 Å². The van der Waals surface area contributed by atoms with E-state index in [0.717, 1.165) is 58.4 Å². The van der Waals surface area contributed by atoms with Crippen LogP contribution in [0.25, 0.3) is 0 Å². The first kappa shape index (κ1) is 20.4. The molecule has 2 atom stereocenters. The van der Waals surface area contributed by atoms with Gasteiger partial charge in [0.05, 0.1) is 5.41 Å². The second kappa shape index (κ2) is 8.47. The van der Waals surface area contributed by atoms with Crippen molar-refractivity contribution in [3.05, 3.63) is 35.9 Å². The summed E-state index contributed by atoms with van der Waals surface area (Å²) in [6.45, 7) is 9.29. The minimum Gasteiger partial charge on any atom is -0.342 e. The van der Waals surface area contributed by atoms with Crippen molar-refractivity contribution in [2.75, 3.05) is 39.3 Å². The van der Waals surface area contributed by atoms with E-state index in [-0.39, 0.29) is 17.2 Å². The van der Waals surface area contributed by atoms with Crippen LogP contribution in [0.5, 0.6) is 0 Å². The fourth-order valence-corrected chi connectivity index (χ4v) is 5.47. The normalized spacial score (nSPS) is 27.1. The van der Waals surface area contributed by atoms with E-state index in [2.05, 4.69) is 35.8 Å². The van der Waals surface area contributed by atoms with E-state index in [9.17, 15) is 9.59 Å². The molecule has 0 saturated carbocycles. The first-order chi connectivity index (χ1) is 14.0. The molecule has 0 aromatic heterocycles. The van der Waals surface area contributed by atoms with Crippen LogP contribution < -0.4 is 0 Å². The van der Waals surface area contributed by atoms with Gasteiger partial charge in [0.1, 0.15) is 0 Å². The molecule has 158 valence electrons. The third-order valence-corrected chi connectivity index (χ3v) is 7.24. The molecule has 3 fully saturated rings. The molecule has 0 radical (unpaired) electrons. The number of hydrogen-bond acceptors (Lipinski definition) is 3. The minimum atomic E-state index is -0.385. The van der Waals surface area contributed by atoms with E-state index in [0.29, 0.717) is 24.9 Å². The number of hydrogen-bond donors (Lipinski definition) is 0. The summed E-state index contributed by atoms with van der Waals surface area (Å²) in [6, 6.07) is 10.8. The number of benzene rings is 1. The maximum Gasteiger partial charge on any atom is 0.232 e. The summed E-state index contributed by atoms with van der Waals surface area (Å²) in [5.74, 6) is 0.804. The van der Waals surface area contributed by atoms with Gasteiger partial charge in [-0.05, 0) is 45.1 Å². The van der Waals surface area contributed by atoms with Crippen LogP contribution in [0, 0.1) is 11.3 Å². The maximum atomic E-state index is 13.5. The van der Waals surface area contributed by atoms with Gasteiger partial charge in [0, 0.05) is 57.6 Å². The lowest BCUT2D eigenvalue weighted by Gasteiger charge is -2.33. The summed E-state index contributed by atoms with van der Waals surface area (Å²) in [4.78, 5) is 33.0. The molecule has 3 aliphatic heterocycles. The lowest BCUT2D eigenvalue weighted by molar-refractivity contribution is -0.141. The average molecular weight is 398 g/mol. The fourth-order valence-electron chi connectivity index (χ4n) is 5.47. The topological polar surface area (TPSA) is 43.9 Å². The van der Waals surface area contributed by atoms with Crippen LogP contribution >= 0.6 is 0 Å². The van der Waals surface area contributed by atoms with Crippen molar-refractivity contribution in [1.82, 2.24) is 14.7 Å². The minimum absolute atomic E-state index is 0.222. The van der Waals surface area contributed by atoms with E-state index in [4.69, 9.17) is 0 Å². The Hall–Kier alpha value is -1.88. The number of likely N-dealkylation sites (tertiary alicyclic amines) is 3. The summed E-state index contributed by atoms with van der Waals surface area (Å²) < 4.78 is 0. The van der Waals surface area contributed by atoms with E-state index >= 15 is 0 Å². The summed E-state index contributed by atoms with van der Waals surface area (Å²) in [6.07, 6.45) is 4.60. The Kier molecular flexibility index (Phi) is 5.95. The van der Waals surface area contributed by atoms with Crippen molar-refractivity contribution in [1.29, 1.82) is 0 Å². The second-order valence-electron chi connectivity index (χ2n) is 9.49. The molecule has 1 aromatic carbocycles. The molecule has 0 spiro atoms. The van der Waals surface area contributed by atoms with Crippen LogP contribution in [0.15, 0.2) is 30.3 Å². The molecule has 0 unspecified atom stereocenters. The Morgan fingerprint density at radius 3 is 2.45 bits per heavy atom. The molecule has 5 nitrogen and oxygen atoms in total. The summed E-state index contributed by atoms with van der Waals surface area (Å²) >= 11 is 0. The third kappa shape index (κ3) is 4.07. The molecule has 0 aliphatic carbocycles. The number of rotatable bonds is 6. The summed E-state index contributed by atoms with van der Waals surface area (Å²) in [5.41, 5.74) is 0.899. The van der Waals surface area contributed by atoms with Gasteiger partial charge in [-0.15, -0.1) is 0 Å². The van der Waals surface area contributed by atoms with Gasteiger partial charge in [0.15, 0.2) is 0 Å². The van der Waals surface area contributed by atoms with Crippen LogP contribution in [0.3, 0.4) is 0 Å². The largest absolute Gasteiger partial charge is 0.342 e. The summed E-state index contributed by atoms with van der Waals surface area (Å²) in [5, 5.41) is 0. The first-order valence-electron chi connectivity index (χ1n) is 11.3. The van der Waals surface area contributed by atoms with E-state index in [1.54, 1.807) is 0 Å². The number of nitrogens with zero attached hydrogens (tertiary/aromatic N) is 3. The molecule has 3 heterocycles. The highest BCUT2D eigenvalue weighted by Gasteiger charge is 2.59. The van der Waals surface area contributed by atoms with Crippen LogP contribution in [-0.4, -0.2) is 71.8 Å². The monoisotopic (exact) mass is 397 g/mol. The molecule has 3 saturated heterocycles. The molecule has 5 heteroatoms. The molecule has 0 bridgehead atoms. The molecule has 1 aromatic rings. The number of carbonyl (C=O) groups is 2. The van der Waals surface area contributed by atoms with Crippen molar-refractivity contribution in [3.8, 4) is 0 Å². The van der Waals surface area contributed by atoms with Crippen molar-refractivity contribution in [2.24, 2.45) is 11.3 Å². The SMILES string of the molecule is CC(C)N1C[C@H]2CN(C(=O)CCCc3ccccc3)C[C@@]2(C(=O)N2CCCC2)C1. The number of fused-ring (bicyclic) bond motifs is 1. The zero-order valence-corrected chi connectivity index (χ0v) is 18.0. The van der Waals surface area contributed by atoms with Gasteiger partial charge >= 0.3 is 0 Å². The first-order valence-corrected chi connectivity index (χ1v) is 11.3. The smallest absolute Gasteiger partial charge is 0.232 e. The van der Waals surface area contributed by atoms with Gasteiger partial charge in [-0.2, -0.15) is 0 Å². The Morgan fingerprint density at radius 1 is 1.03 bits per heavy atom. The molecular weight excluding hydrogens is 362 g/mol. The van der Waals surface area contributed by atoms with Gasteiger partial charge in [0.2, 0.25) is 11.8 Å². The van der Waals surface area contributed by atoms with Crippen molar-refractivity contribution >= 4 is 11.8 Å². The highest BCUT2D eigenvalue weighted by molar-refractivity contribution is 5.87. The van der Waals surface area contributed by atoms with Crippen LogP contribution in [0.1, 0.15) is 45.1 Å². The Morgan fingerprint density at radius 2 is 1.76 bits per heavy atom. The number of aryl methyl sites for hydroxylation is 1. The Balaban J connectivity index is 1.41.